The van der Waals surface area contributed by atoms with E-state index in [4.69, 9.17) is 4.74 Å². The van der Waals surface area contributed by atoms with Gasteiger partial charge in [-0.25, -0.2) is 0 Å². The number of aliphatic hydroxyl groups is 2. The second-order valence-electron chi connectivity index (χ2n) is 15.5. The van der Waals surface area contributed by atoms with Gasteiger partial charge in [0.15, 0.2) is 0 Å². The minimum Gasteiger partial charge on any atom is -0.462 e. The number of nitrogens with one attached hydrogen (secondary N) is 1. The molecule has 50 heavy (non-hydrogen) atoms. The van der Waals surface area contributed by atoms with Crippen molar-refractivity contribution in [1.29, 1.82) is 0 Å². The van der Waals surface area contributed by atoms with E-state index in [2.05, 4.69) is 26.1 Å². The standard InChI is InChI=1S/C44H87NO5/c1-4-7-10-13-16-19-21-24-26-29-32-35-40(50-44(49)37-34-31-28-23-18-15-12-9-6-3)38-43(48)45-41(39-46)42(47)36-33-30-27-25-22-20-17-14-11-8-5-2/h40-42,46-47H,4-39H2,1-3H3,(H,45,48). The Morgan fingerprint density at radius 1 is 0.500 bits per heavy atom. The van der Waals surface area contributed by atoms with E-state index in [1.165, 1.54) is 154 Å². The zero-order valence-electron chi connectivity index (χ0n) is 33.8. The average molecular weight is 710 g/mol. The van der Waals surface area contributed by atoms with E-state index in [0.717, 1.165) is 44.9 Å². The second-order valence-corrected chi connectivity index (χ2v) is 15.5. The lowest BCUT2D eigenvalue weighted by Gasteiger charge is -2.24. The number of carbonyl (C=O) groups is 2. The number of esters is 1. The largest absolute Gasteiger partial charge is 0.462 e. The average Bonchev–Trinajstić information content (AvgIpc) is 3.10. The van der Waals surface area contributed by atoms with Crippen molar-refractivity contribution < 1.29 is 24.5 Å². The molecule has 0 fully saturated rings. The van der Waals surface area contributed by atoms with Crippen LogP contribution < -0.4 is 5.32 Å². The molecule has 0 aliphatic heterocycles. The molecule has 298 valence electrons. The summed E-state index contributed by atoms with van der Waals surface area (Å²) in [5.41, 5.74) is 0. The minimum atomic E-state index is -0.776. The first kappa shape index (κ1) is 48.9. The van der Waals surface area contributed by atoms with Crippen LogP contribution >= 0.6 is 0 Å². The van der Waals surface area contributed by atoms with Crippen molar-refractivity contribution in [2.24, 2.45) is 0 Å². The van der Waals surface area contributed by atoms with Crippen LogP contribution in [-0.2, 0) is 14.3 Å². The first-order valence-electron chi connectivity index (χ1n) is 22.3. The fourth-order valence-corrected chi connectivity index (χ4v) is 7.02. The van der Waals surface area contributed by atoms with Crippen LogP contribution in [0.25, 0.3) is 0 Å². The Kier molecular flexibility index (Phi) is 38.2. The van der Waals surface area contributed by atoms with Gasteiger partial charge >= 0.3 is 5.97 Å². The van der Waals surface area contributed by atoms with Gasteiger partial charge in [-0.3, -0.25) is 9.59 Å². The summed E-state index contributed by atoms with van der Waals surface area (Å²) in [6.45, 7) is 6.45. The first-order valence-corrected chi connectivity index (χ1v) is 22.3. The van der Waals surface area contributed by atoms with Crippen molar-refractivity contribution in [3.8, 4) is 0 Å². The summed E-state index contributed by atoms with van der Waals surface area (Å²) in [4.78, 5) is 25.9. The molecule has 0 aliphatic rings. The van der Waals surface area contributed by atoms with Crippen LogP contribution in [-0.4, -0.2) is 46.9 Å². The van der Waals surface area contributed by atoms with Crippen LogP contribution in [0.2, 0.25) is 0 Å². The lowest BCUT2D eigenvalue weighted by molar-refractivity contribution is -0.151. The third-order valence-corrected chi connectivity index (χ3v) is 10.4. The molecular weight excluding hydrogens is 622 g/mol. The van der Waals surface area contributed by atoms with Gasteiger partial charge in [-0.1, -0.05) is 207 Å². The molecule has 0 heterocycles. The molecule has 6 nitrogen and oxygen atoms in total. The van der Waals surface area contributed by atoms with Crippen LogP contribution in [0.5, 0.6) is 0 Å². The van der Waals surface area contributed by atoms with Crippen LogP contribution in [0.15, 0.2) is 0 Å². The highest BCUT2D eigenvalue weighted by molar-refractivity contribution is 5.77. The highest BCUT2D eigenvalue weighted by atomic mass is 16.5. The van der Waals surface area contributed by atoms with Crippen molar-refractivity contribution in [2.45, 2.75) is 264 Å². The predicted octanol–water partition coefficient (Wildman–Crippen LogP) is 12.4. The van der Waals surface area contributed by atoms with Crippen LogP contribution in [0.4, 0.5) is 0 Å². The van der Waals surface area contributed by atoms with E-state index in [9.17, 15) is 19.8 Å². The predicted molar refractivity (Wildman–Crippen MR) is 214 cm³/mol. The molecule has 0 saturated heterocycles. The third-order valence-electron chi connectivity index (χ3n) is 10.4. The van der Waals surface area contributed by atoms with Crippen molar-refractivity contribution in [3.05, 3.63) is 0 Å². The highest BCUT2D eigenvalue weighted by Gasteiger charge is 2.24. The molecule has 0 aliphatic carbocycles. The number of hydrogen-bond acceptors (Lipinski definition) is 5. The first-order chi connectivity index (χ1) is 24.5. The lowest BCUT2D eigenvalue weighted by Crippen LogP contribution is -2.46. The third kappa shape index (κ3) is 34.0. The van der Waals surface area contributed by atoms with E-state index in [-0.39, 0.29) is 24.9 Å². The Hall–Kier alpha value is -1.14. The minimum absolute atomic E-state index is 0.0862. The zero-order chi connectivity index (χ0) is 36.8. The summed E-state index contributed by atoms with van der Waals surface area (Å²) in [6.07, 6.45) is 38.7. The van der Waals surface area contributed by atoms with E-state index in [1.807, 2.05) is 0 Å². The maximum absolute atomic E-state index is 13.1. The molecule has 0 spiro atoms. The maximum Gasteiger partial charge on any atom is 0.306 e. The number of carbonyl (C=O) groups excluding carboxylic acids is 2. The molecule has 0 bridgehead atoms. The van der Waals surface area contributed by atoms with Gasteiger partial charge in [0, 0.05) is 6.42 Å². The summed E-state index contributed by atoms with van der Waals surface area (Å²) < 4.78 is 5.88. The SMILES string of the molecule is CCCCCCCCCCCCCC(CC(=O)NC(CO)C(O)CCCCCCCCCCCCC)OC(=O)CCCCCCCCCCC. The fourth-order valence-electron chi connectivity index (χ4n) is 7.02. The van der Waals surface area contributed by atoms with Crippen molar-refractivity contribution in [3.63, 3.8) is 0 Å². The summed E-state index contributed by atoms with van der Waals surface area (Å²) in [7, 11) is 0. The van der Waals surface area contributed by atoms with Crippen molar-refractivity contribution in [1.82, 2.24) is 5.32 Å². The monoisotopic (exact) mass is 710 g/mol. The Balaban J connectivity index is 4.54. The molecule has 0 saturated carbocycles. The normalized spacial score (nSPS) is 13.3. The molecule has 0 aromatic rings. The maximum atomic E-state index is 13.1. The van der Waals surface area contributed by atoms with Gasteiger partial charge in [0.05, 0.1) is 25.2 Å². The van der Waals surface area contributed by atoms with E-state index >= 15 is 0 Å². The van der Waals surface area contributed by atoms with Crippen molar-refractivity contribution >= 4 is 11.9 Å². The Labute approximate surface area is 311 Å². The molecule has 3 atom stereocenters. The summed E-state index contributed by atoms with van der Waals surface area (Å²) in [6, 6.07) is -0.689. The Bertz CT molecular complexity index is 717. The fraction of sp³-hybridized carbons (Fsp3) is 0.955. The summed E-state index contributed by atoms with van der Waals surface area (Å²) >= 11 is 0. The highest BCUT2D eigenvalue weighted by Crippen LogP contribution is 2.18. The molecule has 3 N–H and O–H groups in total. The van der Waals surface area contributed by atoms with E-state index in [1.54, 1.807) is 0 Å². The van der Waals surface area contributed by atoms with Crippen LogP contribution in [0, 0.1) is 0 Å². The Morgan fingerprint density at radius 3 is 1.22 bits per heavy atom. The molecule has 6 heteroatoms. The molecule has 0 aromatic carbocycles. The second kappa shape index (κ2) is 39.1. The van der Waals surface area contributed by atoms with Gasteiger partial charge in [0.2, 0.25) is 5.91 Å². The smallest absolute Gasteiger partial charge is 0.306 e. The lowest BCUT2D eigenvalue weighted by atomic mass is 10.0. The molecule has 0 radical (unpaired) electrons. The molecule has 0 aromatic heterocycles. The van der Waals surface area contributed by atoms with Crippen LogP contribution in [0.1, 0.15) is 245 Å². The number of ether oxygens (including phenoxy) is 1. The quantitative estimate of drug-likeness (QED) is 0.0435. The molecule has 3 unspecified atom stereocenters. The van der Waals surface area contributed by atoms with E-state index in [0.29, 0.717) is 19.3 Å². The molecule has 0 rings (SSSR count). The number of aliphatic hydroxyl groups excluding tert-OH is 2. The summed E-state index contributed by atoms with van der Waals surface area (Å²) in [5.74, 6) is -0.463. The zero-order valence-corrected chi connectivity index (χ0v) is 33.8. The van der Waals surface area contributed by atoms with Crippen LogP contribution in [0.3, 0.4) is 0 Å². The topological polar surface area (TPSA) is 95.9 Å². The van der Waals surface area contributed by atoms with Gasteiger partial charge in [-0.2, -0.15) is 0 Å². The van der Waals surface area contributed by atoms with Gasteiger partial charge in [0.1, 0.15) is 6.10 Å². The number of rotatable bonds is 40. The van der Waals surface area contributed by atoms with Gasteiger partial charge in [-0.05, 0) is 25.7 Å². The Morgan fingerprint density at radius 2 is 0.840 bits per heavy atom. The van der Waals surface area contributed by atoms with Crippen molar-refractivity contribution in [2.75, 3.05) is 6.61 Å². The summed E-state index contributed by atoms with van der Waals surface area (Å²) in [5, 5.41) is 23.6. The molecule has 1 amide bonds. The van der Waals surface area contributed by atoms with E-state index < -0.39 is 18.2 Å². The van der Waals surface area contributed by atoms with Gasteiger partial charge in [0.25, 0.3) is 0 Å². The molecular formula is C44H87NO5. The number of amides is 1. The number of hydrogen-bond donors (Lipinski definition) is 3. The van der Waals surface area contributed by atoms with Gasteiger partial charge < -0.3 is 20.3 Å². The van der Waals surface area contributed by atoms with Gasteiger partial charge in [-0.15, -0.1) is 0 Å². The number of unbranched alkanes of at least 4 members (excludes halogenated alkanes) is 28.